The highest BCUT2D eigenvalue weighted by Crippen LogP contribution is 2.36. The fourth-order valence-electron chi connectivity index (χ4n) is 3.78. The average molecular weight is 522 g/mol. The highest BCUT2D eigenvalue weighted by atomic mass is 16.8. The van der Waals surface area contributed by atoms with E-state index >= 15 is 0 Å². The van der Waals surface area contributed by atoms with E-state index in [2.05, 4.69) is 4.74 Å². The van der Waals surface area contributed by atoms with E-state index in [1.807, 2.05) is 0 Å². The average Bonchev–Trinajstić information content (AvgIpc) is 3.24. The molecule has 0 aromatic heterocycles. The molecule has 0 aromatic rings. The molecule has 3 heterocycles. The van der Waals surface area contributed by atoms with Crippen molar-refractivity contribution < 1.29 is 85.3 Å². The Morgan fingerprint density at radius 1 is 0.571 bits per heavy atom. The van der Waals surface area contributed by atoms with Crippen molar-refractivity contribution in [2.24, 2.45) is 0 Å². The molecule has 3 aliphatic heterocycles. The van der Waals surface area contributed by atoms with Crippen LogP contribution in [0, 0.1) is 0 Å². The van der Waals surface area contributed by atoms with Crippen LogP contribution in [0.3, 0.4) is 0 Å². The highest BCUT2D eigenvalue weighted by Gasteiger charge is 2.58. The van der Waals surface area contributed by atoms with Crippen LogP contribution in [0.15, 0.2) is 0 Å². The van der Waals surface area contributed by atoms with Gasteiger partial charge in [0.05, 0.1) is 26.4 Å². The summed E-state index contributed by atoms with van der Waals surface area (Å²) in [7, 11) is 0. The Hall–Kier alpha value is -0.680. The van der Waals surface area contributed by atoms with E-state index in [9.17, 15) is 35.7 Å². The number of hydrogen-bond acceptors (Lipinski definition) is 17. The predicted molar refractivity (Wildman–Crippen MR) is 105 cm³/mol. The Labute approximate surface area is 198 Å². The first-order chi connectivity index (χ1) is 16.4. The van der Waals surface area contributed by atoms with Crippen molar-refractivity contribution >= 4 is 0 Å². The van der Waals surface area contributed by atoms with Gasteiger partial charge in [-0.15, -0.1) is 0 Å². The molecule has 208 valence electrons. The fraction of sp³-hybridized carbons (Fsp3) is 1.00. The minimum Gasteiger partial charge on any atom is -0.394 e. The van der Waals surface area contributed by atoms with Gasteiger partial charge in [0.2, 0.25) is 11.6 Å². The summed E-state index contributed by atoms with van der Waals surface area (Å²) in [6, 6.07) is 0. The molecule has 1 unspecified atom stereocenters. The maximum absolute atomic E-state index is 10.00. The Morgan fingerprint density at radius 2 is 1.09 bits per heavy atom. The second kappa shape index (κ2) is 12.2. The zero-order valence-electron chi connectivity index (χ0n) is 18.3. The van der Waals surface area contributed by atoms with Crippen LogP contribution in [0.25, 0.3) is 0 Å². The minimum absolute atomic E-state index is 0.527. The van der Waals surface area contributed by atoms with Crippen LogP contribution in [0.4, 0.5) is 0 Å². The summed E-state index contributed by atoms with van der Waals surface area (Å²) in [5.74, 6) is -4.38. The van der Waals surface area contributed by atoms with Gasteiger partial charge in [0.1, 0.15) is 67.6 Å². The van der Waals surface area contributed by atoms with Gasteiger partial charge in [-0.25, -0.2) is 0 Å². The lowest BCUT2D eigenvalue weighted by atomic mass is 9.99. The van der Waals surface area contributed by atoms with Crippen LogP contribution in [-0.2, 0) is 18.9 Å². The largest absolute Gasteiger partial charge is 0.394 e. The topological polar surface area (TPSA) is 300 Å². The van der Waals surface area contributed by atoms with Gasteiger partial charge in [0.15, 0.2) is 6.29 Å². The third-order valence-electron chi connectivity index (χ3n) is 6.00. The van der Waals surface area contributed by atoms with E-state index in [0.29, 0.717) is 0 Å². The molecule has 35 heavy (non-hydrogen) atoms. The lowest BCUT2D eigenvalue weighted by molar-refractivity contribution is -0.383. The molecule has 3 fully saturated rings. The summed E-state index contributed by atoms with van der Waals surface area (Å²) in [5, 5.41) is 121. The molecule has 0 amide bonds. The van der Waals surface area contributed by atoms with E-state index in [1.54, 1.807) is 0 Å². The first-order valence-electron chi connectivity index (χ1n) is 10.6. The maximum Gasteiger partial charge on any atom is 0.224 e. The summed E-state index contributed by atoms with van der Waals surface area (Å²) >= 11 is 0. The number of aliphatic hydroxyl groups excluding tert-OH is 12. The third-order valence-corrected chi connectivity index (χ3v) is 6.00. The molecule has 0 radical (unpaired) electrons. The van der Waals surface area contributed by atoms with Gasteiger partial charge in [-0.3, -0.25) is 0 Å². The molecule has 13 atom stereocenters. The van der Waals surface area contributed by atoms with Gasteiger partial charge in [-0.1, -0.05) is 0 Å². The van der Waals surface area contributed by atoms with E-state index in [0.717, 1.165) is 0 Å². The summed E-state index contributed by atoms with van der Waals surface area (Å²) < 4.78 is 20.1. The monoisotopic (exact) mass is 522 g/mol. The lowest BCUT2D eigenvalue weighted by Crippen LogP contribution is -2.62. The molecule has 0 aliphatic carbocycles. The van der Waals surface area contributed by atoms with Gasteiger partial charge in [0.25, 0.3) is 0 Å². The normalized spacial score (nSPS) is 50.1. The smallest absolute Gasteiger partial charge is 0.224 e. The molecule has 3 aliphatic rings. The van der Waals surface area contributed by atoms with Crippen LogP contribution in [0.1, 0.15) is 0 Å². The molecule has 13 N–H and O–H groups in total. The standard InChI is InChI=1S/C12H22O11.C6H12O6/c13-1-4-6(16)8(18)9(19)11(21-4)23-12(3-15)10(20)7(17)5(2-14)22-12;7-1-3-4(9)5(10)6(11,2-8)12-3/h4-11,13-20H,1-3H2;3-5,7-11H,1-2H2/t4-,5-,6-,7-,8+,9-,10+,11?,12+;3-,4-,5+,6-/m00/s1. The molecule has 0 saturated carbocycles. The summed E-state index contributed by atoms with van der Waals surface area (Å²) in [6.45, 7) is -3.68. The third kappa shape index (κ3) is 5.92. The van der Waals surface area contributed by atoms with E-state index in [1.165, 1.54) is 0 Å². The van der Waals surface area contributed by atoms with Crippen molar-refractivity contribution in [3.8, 4) is 0 Å². The molecular formula is C18H34O17. The van der Waals surface area contributed by atoms with E-state index < -0.39 is 112 Å². The predicted octanol–water partition coefficient (Wildman–Crippen LogP) is -8.62. The van der Waals surface area contributed by atoms with Gasteiger partial charge in [-0.05, 0) is 0 Å². The SMILES string of the molecule is OC[C@@H]1OC(O[C@@]2(CO)O[C@@H](CO)[C@H](O)[C@H]2O)[C@@H](O)[C@H](O)[C@H]1O.OC[C@@H]1O[C@@](O)(CO)[C@H](O)[C@H]1O. The van der Waals surface area contributed by atoms with Crippen molar-refractivity contribution in [1.82, 2.24) is 0 Å². The van der Waals surface area contributed by atoms with Crippen LogP contribution in [0.5, 0.6) is 0 Å². The number of ether oxygens (including phenoxy) is 4. The Balaban J connectivity index is 0.000000303. The van der Waals surface area contributed by atoms with Crippen LogP contribution in [0.2, 0.25) is 0 Å². The van der Waals surface area contributed by atoms with Crippen molar-refractivity contribution in [1.29, 1.82) is 0 Å². The second-order valence-electron chi connectivity index (χ2n) is 8.34. The van der Waals surface area contributed by atoms with Crippen LogP contribution in [-0.4, -0.2) is 178 Å². The number of aliphatic hydroxyl groups is 13. The van der Waals surface area contributed by atoms with Crippen LogP contribution >= 0.6 is 0 Å². The van der Waals surface area contributed by atoms with Crippen molar-refractivity contribution in [3.63, 3.8) is 0 Å². The van der Waals surface area contributed by atoms with Gasteiger partial charge >= 0.3 is 0 Å². The summed E-state index contributed by atoms with van der Waals surface area (Å²) in [5.41, 5.74) is 0. The minimum atomic E-state index is -2.22. The quantitative estimate of drug-likeness (QED) is 0.148. The fourth-order valence-corrected chi connectivity index (χ4v) is 3.78. The maximum atomic E-state index is 10.00. The number of rotatable bonds is 7. The van der Waals surface area contributed by atoms with E-state index in [-0.39, 0.29) is 0 Å². The molecule has 3 saturated heterocycles. The first kappa shape index (κ1) is 30.5. The molecule has 0 spiro atoms. The number of hydrogen-bond donors (Lipinski definition) is 13. The lowest BCUT2D eigenvalue weighted by Gasteiger charge is -2.43. The van der Waals surface area contributed by atoms with Gasteiger partial charge < -0.3 is 85.3 Å². The summed E-state index contributed by atoms with van der Waals surface area (Å²) in [6.07, 6.45) is -16.7. The molecule has 3 rings (SSSR count). The first-order valence-corrected chi connectivity index (χ1v) is 10.6. The van der Waals surface area contributed by atoms with Crippen molar-refractivity contribution in [3.05, 3.63) is 0 Å². The summed E-state index contributed by atoms with van der Waals surface area (Å²) in [4.78, 5) is 0. The molecule has 17 nitrogen and oxygen atoms in total. The zero-order valence-corrected chi connectivity index (χ0v) is 18.3. The van der Waals surface area contributed by atoms with Crippen molar-refractivity contribution in [2.75, 3.05) is 33.0 Å². The molecule has 0 aromatic carbocycles. The zero-order chi connectivity index (χ0) is 26.7. The Morgan fingerprint density at radius 3 is 1.49 bits per heavy atom. The molecule has 0 bridgehead atoms. The Kier molecular flexibility index (Phi) is 10.7. The van der Waals surface area contributed by atoms with Crippen LogP contribution < -0.4 is 0 Å². The van der Waals surface area contributed by atoms with Gasteiger partial charge in [-0.2, -0.15) is 0 Å². The van der Waals surface area contributed by atoms with E-state index in [4.69, 9.17) is 44.8 Å². The highest BCUT2D eigenvalue weighted by molar-refractivity contribution is 4.98. The van der Waals surface area contributed by atoms with Crippen molar-refractivity contribution in [2.45, 2.75) is 78.9 Å². The molecule has 17 heteroatoms. The Bertz CT molecular complexity index is 655. The second-order valence-corrected chi connectivity index (χ2v) is 8.34. The van der Waals surface area contributed by atoms with Gasteiger partial charge in [0, 0.05) is 0 Å². The molecular weight excluding hydrogens is 488 g/mol.